The summed E-state index contributed by atoms with van der Waals surface area (Å²) >= 11 is 0. The van der Waals surface area contributed by atoms with Crippen LogP contribution in [0.25, 0.3) is 0 Å². The number of hydrogen-bond acceptors (Lipinski definition) is 5. The molecule has 7 heteroatoms. The Labute approximate surface area is 148 Å². The largest absolute Gasteiger partial charge is 0.337 e. The van der Waals surface area contributed by atoms with Gasteiger partial charge in [-0.15, -0.1) is 0 Å². The lowest BCUT2D eigenvalue weighted by Gasteiger charge is -2.31. The molecule has 1 fully saturated rings. The zero-order valence-electron chi connectivity index (χ0n) is 15.4. The van der Waals surface area contributed by atoms with Crippen LogP contribution < -0.4 is 0 Å². The van der Waals surface area contributed by atoms with Crippen molar-refractivity contribution in [2.45, 2.75) is 32.2 Å². The number of hydrogen-bond donors (Lipinski definition) is 0. The van der Waals surface area contributed by atoms with Crippen LogP contribution in [0.5, 0.6) is 0 Å². The summed E-state index contributed by atoms with van der Waals surface area (Å²) in [5, 5.41) is 4.69. The van der Waals surface area contributed by atoms with Crippen molar-refractivity contribution >= 4 is 5.91 Å². The molecule has 1 aliphatic rings. The van der Waals surface area contributed by atoms with Crippen LogP contribution in [0.4, 0.5) is 0 Å². The van der Waals surface area contributed by atoms with Crippen molar-refractivity contribution in [2.75, 3.05) is 27.2 Å². The van der Waals surface area contributed by atoms with E-state index in [1.54, 1.807) is 12.4 Å². The first-order chi connectivity index (χ1) is 11.9. The summed E-state index contributed by atoms with van der Waals surface area (Å²) < 4.78 is 1.95. The van der Waals surface area contributed by atoms with Gasteiger partial charge in [-0.3, -0.25) is 14.5 Å². The average molecular weight is 342 g/mol. The molecule has 3 heterocycles. The van der Waals surface area contributed by atoms with Gasteiger partial charge in [0.05, 0.1) is 23.3 Å². The molecule has 2 aromatic rings. The second-order valence-electron chi connectivity index (χ2n) is 7.06. The summed E-state index contributed by atoms with van der Waals surface area (Å²) in [5.74, 6) is 0.236. The third-order valence-electron chi connectivity index (χ3n) is 4.60. The minimum Gasteiger partial charge on any atom is -0.337 e. The number of rotatable bonds is 4. The first kappa shape index (κ1) is 17.5. The van der Waals surface area contributed by atoms with Gasteiger partial charge in [0.2, 0.25) is 0 Å². The number of carbonyl (C=O) groups excluding carboxylic acids is 1. The molecule has 0 bridgehead atoms. The Hall–Kier alpha value is -2.28. The van der Waals surface area contributed by atoms with Crippen molar-refractivity contribution in [2.24, 2.45) is 7.05 Å². The monoisotopic (exact) mass is 342 g/mol. The maximum Gasteiger partial charge on any atom is 0.274 e. The molecular weight excluding hydrogens is 316 g/mol. The maximum absolute atomic E-state index is 12.7. The molecule has 0 spiro atoms. The molecular formula is C18H26N6O. The van der Waals surface area contributed by atoms with Gasteiger partial charge in [0.15, 0.2) is 0 Å². The van der Waals surface area contributed by atoms with Gasteiger partial charge in [-0.25, -0.2) is 4.98 Å². The third kappa shape index (κ3) is 4.04. The molecule has 1 aliphatic heterocycles. The van der Waals surface area contributed by atoms with Crippen LogP contribution in [-0.2, 0) is 13.6 Å². The van der Waals surface area contributed by atoms with Gasteiger partial charge >= 0.3 is 0 Å². The zero-order chi connectivity index (χ0) is 18.0. The first-order valence-corrected chi connectivity index (χ1v) is 8.69. The Morgan fingerprint density at radius 3 is 2.80 bits per heavy atom. The molecule has 7 nitrogen and oxygen atoms in total. The molecule has 0 aromatic carbocycles. The smallest absolute Gasteiger partial charge is 0.274 e. The second kappa shape index (κ2) is 7.31. The second-order valence-corrected chi connectivity index (χ2v) is 7.06. The fraction of sp³-hybridized carbons (Fsp3) is 0.556. The van der Waals surface area contributed by atoms with Crippen molar-refractivity contribution in [3.05, 3.63) is 41.2 Å². The fourth-order valence-electron chi connectivity index (χ4n) is 3.27. The van der Waals surface area contributed by atoms with Crippen LogP contribution in [0.15, 0.2) is 18.5 Å². The highest BCUT2D eigenvalue weighted by molar-refractivity contribution is 5.92. The topological polar surface area (TPSA) is 67.2 Å². The number of piperidine rings is 1. The molecule has 1 atom stereocenters. The Morgan fingerprint density at radius 2 is 2.12 bits per heavy atom. The molecule has 25 heavy (non-hydrogen) atoms. The number of aryl methyl sites for hydroxylation is 2. The Bertz CT molecular complexity index is 737. The minimum absolute atomic E-state index is 0.0401. The van der Waals surface area contributed by atoms with E-state index in [-0.39, 0.29) is 11.8 Å². The van der Waals surface area contributed by atoms with Crippen molar-refractivity contribution < 1.29 is 4.79 Å². The van der Waals surface area contributed by atoms with E-state index in [0.717, 1.165) is 37.3 Å². The summed E-state index contributed by atoms with van der Waals surface area (Å²) in [6.07, 6.45) is 5.25. The van der Waals surface area contributed by atoms with E-state index in [1.165, 1.54) is 5.69 Å². The number of amides is 1. The van der Waals surface area contributed by atoms with Crippen molar-refractivity contribution in [3.63, 3.8) is 0 Å². The molecule has 0 radical (unpaired) electrons. The summed E-state index contributed by atoms with van der Waals surface area (Å²) in [4.78, 5) is 25.1. The normalized spacial score (nSPS) is 18.0. The van der Waals surface area contributed by atoms with Crippen molar-refractivity contribution in [1.29, 1.82) is 0 Å². The predicted octanol–water partition coefficient (Wildman–Crippen LogP) is 1.60. The van der Waals surface area contributed by atoms with Crippen molar-refractivity contribution in [1.82, 2.24) is 29.5 Å². The quantitative estimate of drug-likeness (QED) is 0.844. The maximum atomic E-state index is 12.7. The van der Waals surface area contributed by atoms with E-state index in [0.29, 0.717) is 12.2 Å². The lowest BCUT2D eigenvalue weighted by molar-refractivity contribution is 0.0699. The molecule has 3 rings (SSSR count). The summed E-state index contributed by atoms with van der Waals surface area (Å²) in [5.41, 5.74) is 3.50. The van der Waals surface area contributed by atoms with Crippen LogP contribution in [0, 0.1) is 6.92 Å². The van der Waals surface area contributed by atoms with Gasteiger partial charge in [0.1, 0.15) is 5.69 Å². The van der Waals surface area contributed by atoms with E-state index >= 15 is 0 Å². The Balaban J connectivity index is 1.72. The fourth-order valence-corrected chi connectivity index (χ4v) is 3.27. The molecule has 0 saturated carbocycles. The molecule has 0 aliphatic carbocycles. The number of likely N-dealkylation sites (tertiary alicyclic amines) is 1. The van der Waals surface area contributed by atoms with Crippen LogP contribution in [0.1, 0.15) is 46.3 Å². The van der Waals surface area contributed by atoms with E-state index in [1.807, 2.05) is 23.6 Å². The van der Waals surface area contributed by atoms with E-state index in [4.69, 9.17) is 0 Å². The van der Waals surface area contributed by atoms with E-state index in [9.17, 15) is 4.79 Å². The predicted molar refractivity (Wildman–Crippen MR) is 95.2 cm³/mol. The highest BCUT2D eigenvalue weighted by Crippen LogP contribution is 2.27. The van der Waals surface area contributed by atoms with Gasteiger partial charge in [0, 0.05) is 38.8 Å². The van der Waals surface area contributed by atoms with E-state index in [2.05, 4.69) is 40.1 Å². The van der Waals surface area contributed by atoms with Gasteiger partial charge in [-0.2, -0.15) is 5.10 Å². The van der Waals surface area contributed by atoms with Crippen LogP contribution >= 0.6 is 0 Å². The highest BCUT2D eigenvalue weighted by Gasteiger charge is 2.28. The lowest BCUT2D eigenvalue weighted by Crippen LogP contribution is -2.39. The van der Waals surface area contributed by atoms with Gasteiger partial charge in [0.25, 0.3) is 5.91 Å². The third-order valence-corrected chi connectivity index (χ3v) is 4.60. The lowest BCUT2D eigenvalue weighted by atomic mass is 9.94. The van der Waals surface area contributed by atoms with Gasteiger partial charge in [-0.1, -0.05) is 0 Å². The minimum atomic E-state index is -0.0401. The number of carbonyl (C=O) groups is 1. The van der Waals surface area contributed by atoms with Crippen LogP contribution in [0.3, 0.4) is 0 Å². The van der Waals surface area contributed by atoms with E-state index < -0.39 is 0 Å². The first-order valence-electron chi connectivity index (χ1n) is 8.69. The number of aromatic nitrogens is 4. The summed E-state index contributed by atoms with van der Waals surface area (Å²) in [6, 6.07) is 2.17. The molecule has 1 amide bonds. The zero-order valence-corrected chi connectivity index (χ0v) is 15.4. The van der Waals surface area contributed by atoms with Gasteiger partial charge in [-0.05, 0) is 39.9 Å². The molecule has 134 valence electrons. The van der Waals surface area contributed by atoms with Gasteiger partial charge < -0.3 is 9.80 Å². The molecule has 1 saturated heterocycles. The number of nitrogens with zero attached hydrogens (tertiary/aromatic N) is 6. The molecule has 1 unspecified atom stereocenters. The van der Waals surface area contributed by atoms with Crippen LogP contribution in [0.2, 0.25) is 0 Å². The van der Waals surface area contributed by atoms with Crippen molar-refractivity contribution in [3.8, 4) is 0 Å². The standard InChI is InChI=1S/C18H26N6O/c1-13-9-20-17(10-19-13)18(25)24-7-5-6-14(11-24)16-8-15(12-22(2)3)23(4)21-16/h8-10,14H,5-7,11-12H2,1-4H3. The molecule has 0 N–H and O–H groups in total. The summed E-state index contributed by atoms with van der Waals surface area (Å²) in [6.45, 7) is 4.18. The SMILES string of the molecule is Cc1cnc(C(=O)N2CCCC(c3cc(CN(C)C)n(C)n3)C2)cn1. The average Bonchev–Trinajstić information content (AvgIpc) is 2.95. The molecule has 2 aromatic heterocycles. The Kier molecular flexibility index (Phi) is 5.13. The Morgan fingerprint density at radius 1 is 1.32 bits per heavy atom. The highest BCUT2D eigenvalue weighted by atomic mass is 16.2. The summed E-state index contributed by atoms with van der Waals surface area (Å²) in [7, 11) is 6.09. The van der Waals surface area contributed by atoms with Crippen LogP contribution in [-0.4, -0.2) is 62.6 Å².